The van der Waals surface area contributed by atoms with Gasteiger partial charge in [0.1, 0.15) is 0 Å². The van der Waals surface area contributed by atoms with Crippen LogP contribution in [0.15, 0.2) is 35.3 Å². The number of benzene rings is 1. The van der Waals surface area contributed by atoms with Crippen molar-refractivity contribution < 1.29 is 23.8 Å². The van der Waals surface area contributed by atoms with Gasteiger partial charge >= 0.3 is 7.94 Å². The summed E-state index contributed by atoms with van der Waals surface area (Å²) in [5.74, 6) is -0.138. The van der Waals surface area contributed by atoms with Gasteiger partial charge in [-0.3, -0.25) is 4.79 Å². The first-order valence-electron chi connectivity index (χ1n) is 6.08. The van der Waals surface area contributed by atoms with Crippen molar-refractivity contribution in [3.63, 3.8) is 0 Å². The highest BCUT2D eigenvalue weighted by Crippen LogP contribution is 2.63. The van der Waals surface area contributed by atoms with E-state index in [-0.39, 0.29) is 30.0 Å². The molecular formula is C13H16NO5P. The van der Waals surface area contributed by atoms with Crippen LogP contribution in [0, 0.1) is 0 Å². The van der Waals surface area contributed by atoms with Crippen LogP contribution in [0.4, 0.5) is 0 Å². The van der Waals surface area contributed by atoms with E-state index in [0.29, 0.717) is 11.3 Å². The second kappa shape index (κ2) is 5.89. The molecule has 1 atom stereocenters. The summed E-state index contributed by atoms with van der Waals surface area (Å²) in [5, 5.41) is 11.6. The average molecular weight is 297 g/mol. The number of allylic oxidation sites excluding steroid dienone is 2. The van der Waals surface area contributed by atoms with Crippen LogP contribution in [0.1, 0.15) is 17.3 Å². The smallest absolute Gasteiger partial charge is 0.323 e. The van der Waals surface area contributed by atoms with Gasteiger partial charge in [0, 0.05) is 6.54 Å². The molecule has 0 saturated carbocycles. The highest BCUT2D eigenvalue weighted by atomic mass is 31.2. The van der Waals surface area contributed by atoms with Crippen molar-refractivity contribution in [1.29, 1.82) is 0 Å². The summed E-state index contributed by atoms with van der Waals surface area (Å²) >= 11 is 0. The fourth-order valence-corrected chi connectivity index (χ4v) is 3.62. The van der Waals surface area contributed by atoms with Crippen molar-refractivity contribution >= 4 is 13.7 Å². The van der Waals surface area contributed by atoms with Gasteiger partial charge in [0.05, 0.1) is 25.0 Å². The molecule has 1 unspecified atom stereocenters. The maximum atomic E-state index is 12.7. The second-order valence-corrected chi connectivity index (χ2v) is 6.21. The summed E-state index contributed by atoms with van der Waals surface area (Å²) in [6.07, 6.45) is 0. The third-order valence-corrected chi connectivity index (χ3v) is 4.94. The summed E-state index contributed by atoms with van der Waals surface area (Å²) in [7, 11) is -2.47. The summed E-state index contributed by atoms with van der Waals surface area (Å²) in [4.78, 5) is 25.2. The fraction of sp³-hybridized carbons (Fsp3) is 0.308. The Balaban J connectivity index is 2.52. The molecule has 1 aromatic carbocycles. The van der Waals surface area contributed by atoms with E-state index < -0.39 is 7.94 Å². The molecule has 1 aromatic rings. The Hall–Kier alpha value is -1.46. The SMILES string of the molecule is CO[P+]1([O-])Oc2ccccc2C(=O)/C1=C(\C)NCCO. The Morgan fingerprint density at radius 2 is 2.20 bits per heavy atom. The van der Waals surface area contributed by atoms with E-state index in [0.717, 1.165) is 0 Å². The van der Waals surface area contributed by atoms with Gasteiger partial charge in [-0.1, -0.05) is 12.1 Å². The zero-order valence-electron chi connectivity index (χ0n) is 11.3. The molecule has 6 nitrogen and oxygen atoms in total. The third kappa shape index (κ3) is 2.55. The van der Waals surface area contributed by atoms with Crippen LogP contribution in [0.2, 0.25) is 0 Å². The average Bonchev–Trinajstić information content (AvgIpc) is 2.45. The van der Waals surface area contributed by atoms with Crippen LogP contribution >= 0.6 is 7.94 Å². The standard InChI is InChI=1S/C13H16NO5P/c1-9(14-7-8-15)13-12(16)10-5-3-4-6-11(10)19-20(13,17)18-2/h3-6,14-15H,7-8H2,1-2H3/b13-9-. The molecule has 0 radical (unpaired) electrons. The molecule has 7 heteroatoms. The fourth-order valence-electron chi connectivity index (χ4n) is 1.99. The van der Waals surface area contributed by atoms with E-state index in [1.807, 2.05) is 0 Å². The van der Waals surface area contributed by atoms with Crippen molar-refractivity contribution in [2.45, 2.75) is 6.92 Å². The molecule has 0 fully saturated rings. The minimum absolute atomic E-state index is 0.0212. The molecule has 1 heterocycles. The zero-order valence-corrected chi connectivity index (χ0v) is 12.1. The zero-order chi connectivity index (χ0) is 14.8. The van der Waals surface area contributed by atoms with Gasteiger partial charge in [-0.05, 0) is 19.1 Å². The second-order valence-electron chi connectivity index (χ2n) is 4.22. The molecule has 0 aliphatic carbocycles. The monoisotopic (exact) mass is 297 g/mol. The number of aliphatic hydroxyl groups is 1. The summed E-state index contributed by atoms with van der Waals surface area (Å²) in [5.41, 5.74) is 0.722. The molecule has 2 N–H and O–H groups in total. The summed E-state index contributed by atoms with van der Waals surface area (Å²) in [6, 6.07) is 6.58. The van der Waals surface area contributed by atoms with E-state index in [4.69, 9.17) is 14.2 Å². The number of hydrogen-bond donors (Lipinski definition) is 2. The lowest BCUT2D eigenvalue weighted by Crippen LogP contribution is -2.31. The molecule has 0 bridgehead atoms. The van der Waals surface area contributed by atoms with E-state index in [1.54, 1.807) is 31.2 Å². The molecule has 2 rings (SSSR count). The Bertz CT molecular complexity index is 559. The number of aliphatic hydroxyl groups excluding tert-OH is 1. The predicted molar refractivity (Wildman–Crippen MR) is 73.1 cm³/mol. The van der Waals surface area contributed by atoms with Crippen molar-refractivity contribution in [2.24, 2.45) is 0 Å². The van der Waals surface area contributed by atoms with Crippen molar-refractivity contribution in [1.82, 2.24) is 5.32 Å². The number of carbonyl (C=O) groups is 1. The number of ketones is 1. The number of para-hydroxylation sites is 1. The van der Waals surface area contributed by atoms with Crippen LogP contribution in [0.3, 0.4) is 0 Å². The lowest BCUT2D eigenvalue weighted by atomic mass is 10.1. The predicted octanol–water partition coefficient (Wildman–Crippen LogP) is 0.844. The Kier molecular flexibility index (Phi) is 4.40. The number of hydrogen-bond acceptors (Lipinski definition) is 6. The van der Waals surface area contributed by atoms with E-state index >= 15 is 0 Å². The van der Waals surface area contributed by atoms with Gasteiger partial charge in [-0.2, -0.15) is 4.52 Å². The molecular weight excluding hydrogens is 281 g/mol. The molecule has 0 aromatic heterocycles. The first-order chi connectivity index (χ1) is 9.53. The minimum atomic E-state index is -3.70. The van der Waals surface area contributed by atoms with Crippen molar-refractivity contribution in [3.8, 4) is 5.75 Å². The summed E-state index contributed by atoms with van der Waals surface area (Å²) in [6.45, 7) is 1.74. The van der Waals surface area contributed by atoms with E-state index in [2.05, 4.69) is 5.32 Å². The van der Waals surface area contributed by atoms with Gasteiger partial charge in [0.15, 0.2) is 5.75 Å². The van der Waals surface area contributed by atoms with Crippen LogP contribution in [-0.2, 0) is 4.52 Å². The first kappa shape index (κ1) is 14.9. The molecule has 0 spiro atoms. The molecule has 0 amide bonds. The lowest BCUT2D eigenvalue weighted by Gasteiger charge is -2.32. The largest absolute Gasteiger partial charge is 0.620 e. The van der Waals surface area contributed by atoms with Crippen LogP contribution in [0.5, 0.6) is 5.75 Å². The molecule has 1 aliphatic rings. The number of rotatable bonds is 4. The van der Waals surface area contributed by atoms with Crippen LogP contribution in [-0.4, -0.2) is 31.2 Å². The maximum absolute atomic E-state index is 12.7. The first-order valence-corrected chi connectivity index (χ1v) is 7.63. The summed E-state index contributed by atoms with van der Waals surface area (Å²) < 4.78 is 10.4. The van der Waals surface area contributed by atoms with Gasteiger partial charge in [0.25, 0.3) is 0 Å². The highest BCUT2D eigenvalue weighted by molar-refractivity contribution is 7.65. The Labute approximate surface area is 117 Å². The Morgan fingerprint density at radius 3 is 2.85 bits per heavy atom. The topological polar surface area (TPSA) is 90.8 Å². The van der Waals surface area contributed by atoms with Gasteiger partial charge < -0.3 is 19.8 Å². The van der Waals surface area contributed by atoms with Crippen LogP contribution in [0.25, 0.3) is 0 Å². The number of nitrogens with one attached hydrogen (secondary N) is 1. The third-order valence-electron chi connectivity index (χ3n) is 2.94. The van der Waals surface area contributed by atoms with Crippen LogP contribution < -0.4 is 14.7 Å². The normalized spacial score (nSPS) is 23.9. The minimum Gasteiger partial charge on any atom is -0.620 e. The van der Waals surface area contributed by atoms with Crippen molar-refractivity contribution in [3.05, 3.63) is 40.8 Å². The lowest BCUT2D eigenvalue weighted by molar-refractivity contribution is -0.205. The quantitative estimate of drug-likeness (QED) is 0.632. The Morgan fingerprint density at radius 1 is 1.50 bits per heavy atom. The molecule has 1 aliphatic heterocycles. The van der Waals surface area contributed by atoms with Gasteiger partial charge in [-0.15, -0.1) is 0 Å². The van der Waals surface area contributed by atoms with Gasteiger partial charge in [-0.25, -0.2) is 0 Å². The van der Waals surface area contributed by atoms with E-state index in [1.165, 1.54) is 7.11 Å². The number of fused-ring (bicyclic) bond motifs is 1. The molecule has 20 heavy (non-hydrogen) atoms. The maximum Gasteiger partial charge on any atom is 0.323 e. The van der Waals surface area contributed by atoms with Crippen molar-refractivity contribution in [2.75, 3.05) is 20.3 Å². The van der Waals surface area contributed by atoms with E-state index in [9.17, 15) is 9.69 Å². The molecule has 0 saturated heterocycles. The van der Waals surface area contributed by atoms with Gasteiger partial charge in [0.2, 0.25) is 11.1 Å². The number of Topliss-reactive ketones (excluding diaryl/α,β-unsaturated/α-hetero) is 1. The molecule has 108 valence electrons. The highest BCUT2D eigenvalue weighted by Gasteiger charge is 2.48. The number of carbonyl (C=O) groups excluding carboxylic acids is 1.